The van der Waals surface area contributed by atoms with E-state index in [-0.39, 0.29) is 6.61 Å². The smallest absolute Gasteiger partial charge is 0.480 e. The number of carbonyl (C=O) groups is 2. The van der Waals surface area contributed by atoms with Crippen molar-refractivity contribution in [3.8, 4) is 0 Å². The molecule has 0 bridgehead atoms. The molecule has 0 amide bonds. The van der Waals surface area contributed by atoms with Gasteiger partial charge in [0, 0.05) is 6.54 Å². The number of halogens is 3. The molecule has 94 valence electrons. The van der Waals surface area contributed by atoms with Crippen molar-refractivity contribution in [2.24, 2.45) is 0 Å². The number of nitrogens with one attached hydrogen (secondary N) is 1. The quantitative estimate of drug-likeness (QED) is 0.586. The number of aliphatic carboxylic acids is 2. The molecule has 9 heteroatoms. The first-order valence-corrected chi connectivity index (χ1v) is 4.09. The molecule has 6 nitrogen and oxygen atoms in total. The van der Waals surface area contributed by atoms with Crippen molar-refractivity contribution in [2.45, 2.75) is 12.2 Å². The summed E-state index contributed by atoms with van der Waals surface area (Å²) in [7, 11) is 0. The fourth-order valence-electron chi connectivity index (χ4n) is 0.724. The Morgan fingerprint density at radius 1 is 1.31 bits per heavy atom. The van der Waals surface area contributed by atoms with E-state index in [0.29, 0.717) is 13.2 Å². The first-order chi connectivity index (χ1) is 7.25. The van der Waals surface area contributed by atoms with Crippen LogP contribution in [0.15, 0.2) is 0 Å². The molecule has 0 aromatic heterocycles. The molecule has 1 heterocycles. The highest BCUT2D eigenvalue weighted by Gasteiger charge is 2.38. The van der Waals surface area contributed by atoms with Gasteiger partial charge in [-0.1, -0.05) is 0 Å². The summed E-state index contributed by atoms with van der Waals surface area (Å²) in [5, 5.41) is 18.3. The summed E-state index contributed by atoms with van der Waals surface area (Å²) in [5.41, 5.74) is 0. The maximum atomic E-state index is 10.6. The number of hydrogen-bond donors (Lipinski definition) is 3. The Bertz CT molecular complexity index is 249. The van der Waals surface area contributed by atoms with Gasteiger partial charge in [0.15, 0.2) is 0 Å². The van der Waals surface area contributed by atoms with E-state index >= 15 is 0 Å². The molecular weight excluding hydrogens is 235 g/mol. The van der Waals surface area contributed by atoms with Crippen LogP contribution in [0.25, 0.3) is 0 Å². The van der Waals surface area contributed by atoms with Crippen LogP contribution in [-0.4, -0.2) is 54.1 Å². The van der Waals surface area contributed by atoms with Gasteiger partial charge in [-0.3, -0.25) is 4.79 Å². The molecule has 16 heavy (non-hydrogen) atoms. The molecule has 0 aromatic carbocycles. The van der Waals surface area contributed by atoms with E-state index in [9.17, 15) is 18.0 Å². The maximum Gasteiger partial charge on any atom is 0.490 e. The summed E-state index contributed by atoms with van der Waals surface area (Å²) in [6.07, 6.45) is -5.08. The van der Waals surface area contributed by atoms with Crippen molar-refractivity contribution in [3.05, 3.63) is 0 Å². The maximum absolute atomic E-state index is 10.6. The first-order valence-electron chi connectivity index (χ1n) is 4.09. The molecule has 1 fully saturated rings. The van der Waals surface area contributed by atoms with Gasteiger partial charge in [-0.05, 0) is 0 Å². The highest BCUT2D eigenvalue weighted by Crippen LogP contribution is 2.13. The van der Waals surface area contributed by atoms with Crippen molar-refractivity contribution in [1.82, 2.24) is 5.32 Å². The summed E-state index contributed by atoms with van der Waals surface area (Å²) in [4.78, 5) is 19.1. The molecule has 1 aliphatic heterocycles. The molecule has 1 aliphatic rings. The van der Waals surface area contributed by atoms with Gasteiger partial charge >= 0.3 is 18.1 Å². The zero-order valence-corrected chi connectivity index (χ0v) is 7.95. The second-order valence-electron chi connectivity index (χ2n) is 2.72. The van der Waals surface area contributed by atoms with Gasteiger partial charge in [0.05, 0.1) is 13.2 Å². The Morgan fingerprint density at radius 3 is 2.00 bits per heavy atom. The summed E-state index contributed by atoms with van der Waals surface area (Å²) in [5.74, 6) is -3.60. The lowest BCUT2D eigenvalue weighted by molar-refractivity contribution is -0.192. The van der Waals surface area contributed by atoms with E-state index in [1.165, 1.54) is 0 Å². The third-order valence-electron chi connectivity index (χ3n) is 1.46. The largest absolute Gasteiger partial charge is 0.490 e. The van der Waals surface area contributed by atoms with Gasteiger partial charge in [-0.2, -0.15) is 13.2 Å². The van der Waals surface area contributed by atoms with Crippen LogP contribution in [0.1, 0.15) is 0 Å². The highest BCUT2D eigenvalue weighted by atomic mass is 19.4. The molecular formula is C7H10F3NO5. The van der Waals surface area contributed by atoms with E-state index in [4.69, 9.17) is 19.7 Å². The molecule has 0 radical (unpaired) electrons. The molecule has 0 spiro atoms. The van der Waals surface area contributed by atoms with Crippen molar-refractivity contribution in [3.63, 3.8) is 0 Å². The molecule has 3 N–H and O–H groups in total. The predicted molar refractivity (Wildman–Crippen MR) is 43.9 cm³/mol. The van der Waals surface area contributed by atoms with Gasteiger partial charge in [0.1, 0.15) is 6.04 Å². The van der Waals surface area contributed by atoms with Crippen molar-refractivity contribution >= 4 is 11.9 Å². The minimum Gasteiger partial charge on any atom is -0.480 e. The standard InChI is InChI=1S/C5H9NO3.C2HF3O2/c7-5(8)4-3-9-2-1-6-4;3-2(4,5)1(6)7/h4,6H,1-3H2,(H,7,8);(H,6,7). The van der Waals surface area contributed by atoms with Crippen LogP contribution in [0.4, 0.5) is 13.2 Å². The zero-order chi connectivity index (χ0) is 12.8. The number of hydrogen-bond acceptors (Lipinski definition) is 4. The van der Waals surface area contributed by atoms with Gasteiger partial charge < -0.3 is 20.3 Å². The topological polar surface area (TPSA) is 95.9 Å². The van der Waals surface area contributed by atoms with Crippen LogP contribution >= 0.6 is 0 Å². The van der Waals surface area contributed by atoms with Crippen LogP contribution in [0.2, 0.25) is 0 Å². The van der Waals surface area contributed by atoms with E-state index < -0.39 is 24.2 Å². The minimum absolute atomic E-state index is 0.287. The Hall–Kier alpha value is -1.35. The number of morpholine rings is 1. The monoisotopic (exact) mass is 245 g/mol. The number of carboxylic acid groups (broad SMARTS) is 2. The Balaban J connectivity index is 0.000000293. The summed E-state index contributed by atoms with van der Waals surface area (Å²) >= 11 is 0. The second kappa shape index (κ2) is 6.28. The number of ether oxygens (including phenoxy) is 1. The Labute approximate surface area is 88.0 Å². The van der Waals surface area contributed by atoms with Crippen LogP contribution in [0.3, 0.4) is 0 Å². The van der Waals surface area contributed by atoms with E-state index in [2.05, 4.69) is 5.32 Å². The van der Waals surface area contributed by atoms with Crippen LogP contribution in [-0.2, 0) is 14.3 Å². The zero-order valence-electron chi connectivity index (χ0n) is 7.95. The van der Waals surface area contributed by atoms with Gasteiger partial charge in [-0.25, -0.2) is 4.79 Å². The molecule has 1 saturated heterocycles. The summed E-state index contributed by atoms with van der Waals surface area (Å²) < 4.78 is 36.6. The van der Waals surface area contributed by atoms with Gasteiger partial charge in [0.25, 0.3) is 0 Å². The second-order valence-corrected chi connectivity index (χ2v) is 2.72. The fourth-order valence-corrected chi connectivity index (χ4v) is 0.724. The van der Waals surface area contributed by atoms with Crippen molar-refractivity contribution in [1.29, 1.82) is 0 Å². The lowest BCUT2D eigenvalue weighted by atomic mass is 10.3. The molecule has 1 rings (SSSR count). The molecule has 0 saturated carbocycles. The number of alkyl halides is 3. The van der Waals surface area contributed by atoms with E-state index in [1.54, 1.807) is 0 Å². The van der Waals surface area contributed by atoms with Crippen molar-refractivity contribution in [2.75, 3.05) is 19.8 Å². The van der Waals surface area contributed by atoms with Gasteiger partial charge in [0.2, 0.25) is 0 Å². The summed E-state index contributed by atoms with van der Waals surface area (Å²) in [6, 6.07) is -0.501. The SMILES string of the molecule is O=C(O)C(F)(F)F.O=C(O)C1COCCN1. The third-order valence-corrected chi connectivity index (χ3v) is 1.46. The fraction of sp³-hybridized carbons (Fsp3) is 0.714. The van der Waals surface area contributed by atoms with Gasteiger partial charge in [-0.15, -0.1) is 0 Å². The number of carboxylic acids is 2. The van der Waals surface area contributed by atoms with E-state index in [0.717, 1.165) is 0 Å². The van der Waals surface area contributed by atoms with Crippen molar-refractivity contribution < 1.29 is 37.7 Å². The number of rotatable bonds is 1. The lowest BCUT2D eigenvalue weighted by Gasteiger charge is -2.19. The Morgan fingerprint density at radius 2 is 1.81 bits per heavy atom. The lowest BCUT2D eigenvalue weighted by Crippen LogP contribution is -2.46. The highest BCUT2D eigenvalue weighted by molar-refractivity contribution is 5.73. The van der Waals surface area contributed by atoms with Crippen LogP contribution in [0, 0.1) is 0 Å². The average molecular weight is 245 g/mol. The third kappa shape index (κ3) is 6.19. The molecule has 1 unspecified atom stereocenters. The molecule has 0 aliphatic carbocycles. The van der Waals surface area contributed by atoms with E-state index in [1.807, 2.05) is 0 Å². The minimum atomic E-state index is -5.08. The van der Waals surface area contributed by atoms with Crippen LogP contribution in [0.5, 0.6) is 0 Å². The molecule has 1 atom stereocenters. The predicted octanol–water partition coefficient (Wildman–Crippen LogP) is -0.307. The van der Waals surface area contributed by atoms with Crippen LogP contribution < -0.4 is 5.32 Å². The first kappa shape index (κ1) is 14.6. The summed E-state index contributed by atoms with van der Waals surface area (Å²) in [6.45, 7) is 1.54. The normalized spacial score (nSPS) is 20.6. The molecule has 0 aromatic rings. The average Bonchev–Trinajstić information content (AvgIpc) is 2.18. The Kier molecular flexibility index (Phi) is 5.75.